The third-order valence-corrected chi connectivity index (χ3v) is 3.80. The molecule has 0 saturated carbocycles. The van der Waals surface area contributed by atoms with E-state index in [1.165, 1.54) is 7.11 Å². The topological polar surface area (TPSA) is 70.1 Å². The van der Waals surface area contributed by atoms with Crippen LogP contribution in [0.1, 0.15) is 39.1 Å². The molecule has 21 heavy (non-hydrogen) atoms. The van der Waals surface area contributed by atoms with E-state index in [4.69, 9.17) is 10.5 Å². The molecular weight excluding hydrogens is 266 g/mol. The molecule has 5 heteroatoms. The number of para-hydroxylation sites is 2. The monoisotopic (exact) mass is 289 g/mol. The minimum atomic E-state index is -1.01. The summed E-state index contributed by atoms with van der Waals surface area (Å²) in [6, 6.07) is 8.07. The van der Waals surface area contributed by atoms with Crippen molar-refractivity contribution in [1.82, 2.24) is 9.55 Å². The number of carbonyl (C=O) groups excluding carboxylic acids is 1. The molecule has 1 aromatic carbocycles. The van der Waals surface area contributed by atoms with Crippen molar-refractivity contribution >= 4 is 17.0 Å². The first-order valence-electron chi connectivity index (χ1n) is 7.23. The normalized spacial score (nSPS) is 15.7. The van der Waals surface area contributed by atoms with E-state index < -0.39 is 11.5 Å². The molecule has 0 aliphatic heterocycles. The highest BCUT2D eigenvalue weighted by Gasteiger charge is 2.32. The van der Waals surface area contributed by atoms with Crippen LogP contribution in [0, 0.1) is 0 Å². The molecule has 0 aliphatic carbocycles. The smallest absolute Gasteiger partial charge is 0.325 e. The van der Waals surface area contributed by atoms with E-state index in [1.807, 2.05) is 24.3 Å². The van der Waals surface area contributed by atoms with Gasteiger partial charge >= 0.3 is 5.97 Å². The van der Waals surface area contributed by atoms with Gasteiger partial charge in [0.05, 0.1) is 18.1 Å². The van der Waals surface area contributed by atoms with Crippen molar-refractivity contribution in [1.29, 1.82) is 0 Å². The standard InChI is InChI=1S/C16H23N3O2/c1-5-14-18-12-8-6-7-9-13(12)19(14)11(2)10-16(3,17)15(20)21-4/h6-9,11H,5,10,17H2,1-4H3. The minimum absolute atomic E-state index is 0.0569. The summed E-state index contributed by atoms with van der Waals surface area (Å²) >= 11 is 0. The molecule has 0 amide bonds. The van der Waals surface area contributed by atoms with Gasteiger partial charge in [-0.15, -0.1) is 0 Å². The van der Waals surface area contributed by atoms with Crippen LogP contribution in [0.3, 0.4) is 0 Å². The van der Waals surface area contributed by atoms with Gasteiger partial charge in [0.15, 0.2) is 0 Å². The van der Waals surface area contributed by atoms with E-state index in [0.29, 0.717) is 6.42 Å². The lowest BCUT2D eigenvalue weighted by Gasteiger charge is -2.27. The van der Waals surface area contributed by atoms with Gasteiger partial charge in [-0.05, 0) is 32.4 Å². The number of benzene rings is 1. The highest BCUT2D eigenvalue weighted by molar-refractivity contribution is 5.80. The second-order valence-electron chi connectivity index (χ2n) is 5.70. The maximum atomic E-state index is 11.8. The molecule has 2 unspecified atom stereocenters. The van der Waals surface area contributed by atoms with Crippen molar-refractivity contribution in [2.75, 3.05) is 7.11 Å². The summed E-state index contributed by atoms with van der Waals surface area (Å²) < 4.78 is 6.96. The van der Waals surface area contributed by atoms with Crippen molar-refractivity contribution in [3.05, 3.63) is 30.1 Å². The lowest BCUT2D eigenvalue weighted by Crippen LogP contribution is -2.47. The number of nitrogens with two attached hydrogens (primary N) is 1. The number of esters is 1. The van der Waals surface area contributed by atoms with Crippen LogP contribution in [0.25, 0.3) is 11.0 Å². The van der Waals surface area contributed by atoms with Crippen molar-refractivity contribution in [3.8, 4) is 0 Å². The second-order valence-corrected chi connectivity index (χ2v) is 5.70. The number of imidazole rings is 1. The number of hydrogen-bond acceptors (Lipinski definition) is 4. The fourth-order valence-corrected chi connectivity index (χ4v) is 2.86. The van der Waals surface area contributed by atoms with Crippen LogP contribution in [0.5, 0.6) is 0 Å². The van der Waals surface area contributed by atoms with Crippen LogP contribution in [-0.2, 0) is 16.0 Å². The van der Waals surface area contributed by atoms with Crippen LogP contribution < -0.4 is 5.73 Å². The molecule has 2 rings (SSSR count). The molecule has 0 bridgehead atoms. The molecule has 2 N–H and O–H groups in total. The zero-order valence-electron chi connectivity index (χ0n) is 13.1. The molecule has 114 valence electrons. The van der Waals surface area contributed by atoms with Gasteiger partial charge in [-0.1, -0.05) is 19.1 Å². The van der Waals surface area contributed by atoms with Gasteiger partial charge in [-0.3, -0.25) is 4.79 Å². The van der Waals surface area contributed by atoms with Gasteiger partial charge in [-0.25, -0.2) is 4.98 Å². The summed E-state index contributed by atoms with van der Waals surface area (Å²) in [5.74, 6) is 0.612. The minimum Gasteiger partial charge on any atom is -0.468 e. The number of nitrogens with zero attached hydrogens (tertiary/aromatic N) is 2. The van der Waals surface area contributed by atoms with E-state index in [9.17, 15) is 4.79 Å². The lowest BCUT2D eigenvalue weighted by atomic mass is 9.94. The Kier molecular flexibility index (Phi) is 4.32. The second kappa shape index (κ2) is 5.85. The van der Waals surface area contributed by atoms with Crippen LogP contribution in [0.15, 0.2) is 24.3 Å². The van der Waals surface area contributed by atoms with Crippen molar-refractivity contribution in [3.63, 3.8) is 0 Å². The number of hydrogen-bond donors (Lipinski definition) is 1. The Morgan fingerprint density at radius 1 is 1.48 bits per heavy atom. The third-order valence-electron chi connectivity index (χ3n) is 3.80. The first-order valence-corrected chi connectivity index (χ1v) is 7.23. The zero-order valence-corrected chi connectivity index (χ0v) is 13.1. The Morgan fingerprint density at radius 3 is 2.76 bits per heavy atom. The summed E-state index contributed by atoms with van der Waals surface area (Å²) in [6.07, 6.45) is 1.32. The molecule has 0 spiro atoms. The summed E-state index contributed by atoms with van der Waals surface area (Å²) in [4.78, 5) is 16.4. The molecule has 1 aromatic heterocycles. The molecule has 1 heterocycles. The summed E-state index contributed by atoms with van der Waals surface area (Å²) in [7, 11) is 1.36. The van der Waals surface area contributed by atoms with E-state index in [-0.39, 0.29) is 6.04 Å². The molecular formula is C16H23N3O2. The number of fused-ring (bicyclic) bond motifs is 1. The Bertz CT molecular complexity index is 646. The first-order chi connectivity index (χ1) is 9.90. The van der Waals surface area contributed by atoms with Gasteiger partial charge in [0, 0.05) is 12.5 Å². The Hall–Kier alpha value is -1.88. The molecule has 0 fully saturated rings. The third kappa shape index (κ3) is 2.93. The SMILES string of the molecule is CCc1nc2ccccc2n1C(C)CC(C)(N)C(=O)OC. The lowest BCUT2D eigenvalue weighted by molar-refractivity contribution is -0.147. The summed E-state index contributed by atoms with van der Waals surface area (Å²) in [6.45, 7) is 5.84. The highest BCUT2D eigenvalue weighted by Crippen LogP contribution is 2.27. The van der Waals surface area contributed by atoms with E-state index >= 15 is 0 Å². The van der Waals surface area contributed by atoms with E-state index in [2.05, 4.69) is 23.4 Å². The van der Waals surface area contributed by atoms with Crippen molar-refractivity contribution in [2.24, 2.45) is 5.73 Å². The van der Waals surface area contributed by atoms with Crippen LogP contribution in [0.4, 0.5) is 0 Å². The fourth-order valence-electron chi connectivity index (χ4n) is 2.86. The molecule has 2 aromatic rings. The van der Waals surface area contributed by atoms with Crippen LogP contribution in [0.2, 0.25) is 0 Å². The van der Waals surface area contributed by atoms with Crippen LogP contribution >= 0.6 is 0 Å². The predicted molar refractivity (Wildman–Crippen MR) is 83.0 cm³/mol. The van der Waals surface area contributed by atoms with E-state index in [1.54, 1.807) is 6.92 Å². The summed E-state index contributed by atoms with van der Waals surface area (Å²) in [5.41, 5.74) is 7.14. The summed E-state index contributed by atoms with van der Waals surface area (Å²) in [5, 5.41) is 0. The van der Waals surface area contributed by atoms with Gasteiger partial charge in [0.2, 0.25) is 0 Å². The Morgan fingerprint density at radius 2 is 2.14 bits per heavy atom. The zero-order chi connectivity index (χ0) is 15.6. The quantitative estimate of drug-likeness (QED) is 0.858. The fraction of sp³-hybridized carbons (Fsp3) is 0.500. The average molecular weight is 289 g/mol. The average Bonchev–Trinajstić information content (AvgIpc) is 2.84. The predicted octanol–water partition coefficient (Wildman–Crippen LogP) is 2.44. The van der Waals surface area contributed by atoms with Crippen molar-refractivity contribution in [2.45, 2.75) is 45.2 Å². The van der Waals surface area contributed by atoms with Gasteiger partial charge in [0.1, 0.15) is 11.4 Å². The van der Waals surface area contributed by atoms with Crippen LogP contribution in [-0.4, -0.2) is 28.2 Å². The van der Waals surface area contributed by atoms with Gasteiger partial charge in [-0.2, -0.15) is 0 Å². The molecule has 5 nitrogen and oxygen atoms in total. The highest BCUT2D eigenvalue weighted by atomic mass is 16.5. The number of aryl methyl sites for hydroxylation is 1. The molecule has 2 atom stereocenters. The number of ether oxygens (including phenoxy) is 1. The number of methoxy groups -OCH3 is 1. The Balaban J connectivity index is 2.39. The van der Waals surface area contributed by atoms with Crippen molar-refractivity contribution < 1.29 is 9.53 Å². The first kappa shape index (κ1) is 15.5. The number of carbonyl (C=O) groups is 1. The maximum Gasteiger partial charge on any atom is 0.325 e. The van der Waals surface area contributed by atoms with E-state index in [0.717, 1.165) is 23.3 Å². The molecule has 0 radical (unpaired) electrons. The number of aromatic nitrogens is 2. The van der Waals surface area contributed by atoms with Gasteiger partial charge < -0.3 is 15.0 Å². The Labute approximate surface area is 125 Å². The maximum absolute atomic E-state index is 11.8. The largest absolute Gasteiger partial charge is 0.468 e. The number of rotatable bonds is 5. The van der Waals surface area contributed by atoms with Gasteiger partial charge in [0.25, 0.3) is 0 Å². The molecule has 0 saturated heterocycles. The molecule has 0 aliphatic rings.